The second-order valence-corrected chi connectivity index (χ2v) is 7.43. The monoisotopic (exact) mass is 406 g/mol. The topological polar surface area (TPSA) is 85.6 Å². The zero-order valence-electron chi connectivity index (χ0n) is 16.1. The van der Waals surface area contributed by atoms with Crippen molar-refractivity contribution in [3.63, 3.8) is 0 Å². The summed E-state index contributed by atoms with van der Waals surface area (Å²) < 4.78 is 6.42. The van der Waals surface area contributed by atoms with Crippen molar-refractivity contribution >= 4 is 34.1 Å². The summed E-state index contributed by atoms with van der Waals surface area (Å²) in [5.41, 5.74) is 4.94. The van der Waals surface area contributed by atoms with Crippen LogP contribution in [0.15, 0.2) is 47.8 Å². The summed E-state index contributed by atoms with van der Waals surface area (Å²) in [7, 11) is 1.30. The minimum Gasteiger partial charge on any atom is -0.465 e. The summed E-state index contributed by atoms with van der Waals surface area (Å²) in [5, 5.41) is 9.14. The summed E-state index contributed by atoms with van der Waals surface area (Å²) in [6.45, 7) is 4.11. The van der Waals surface area contributed by atoms with Gasteiger partial charge in [0.15, 0.2) is 0 Å². The molecule has 0 radical (unpaired) electrons. The number of ether oxygens (including phenoxy) is 1. The molecule has 0 aliphatic rings. The van der Waals surface area contributed by atoms with Gasteiger partial charge in [-0.1, -0.05) is 29.8 Å². The number of anilines is 1. The summed E-state index contributed by atoms with van der Waals surface area (Å²) in [6, 6.07) is 12.5. The summed E-state index contributed by atoms with van der Waals surface area (Å²) in [6.07, 6.45) is 0. The molecule has 1 amide bonds. The van der Waals surface area contributed by atoms with E-state index in [1.54, 1.807) is 22.7 Å². The van der Waals surface area contributed by atoms with Crippen LogP contribution in [-0.2, 0) is 4.74 Å². The lowest BCUT2D eigenvalue weighted by Gasteiger charge is -2.05. The van der Waals surface area contributed by atoms with Crippen LogP contribution in [0, 0.1) is 13.8 Å². The van der Waals surface area contributed by atoms with Gasteiger partial charge >= 0.3 is 5.97 Å². The average molecular weight is 406 g/mol. The highest BCUT2D eigenvalue weighted by Gasteiger charge is 2.16. The van der Waals surface area contributed by atoms with Gasteiger partial charge in [0.2, 0.25) is 4.96 Å². The number of aromatic nitrogens is 3. The van der Waals surface area contributed by atoms with Gasteiger partial charge in [-0.3, -0.25) is 10.1 Å². The molecule has 4 aromatic rings. The predicted octanol–water partition coefficient (Wildman–Crippen LogP) is 4.11. The third-order valence-electron chi connectivity index (χ3n) is 4.51. The normalized spacial score (nSPS) is 10.9. The van der Waals surface area contributed by atoms with E-state index in [1.807, 2.05) is 5.38 Å². The Morgan fingerprint density at radius 1 is 1.10 bits per heavy atom. The van der Waals surface area contributed by atoms with Crippen molar-refractivity contribution in [1.82, 2.24) is 14.6 Å². The van der Waals surface area contributed by atoms with Crippen molar-refractivity contribution in [1.29, 1.82) is 0 Å². The van der Waals surface area contributed by atoms with Crippen molar-refractivity contribution in [3.05, 3.63) is 70.1 Å². The third-order valence-corrected chi connectivity index (χ3v) is 5.33. The van der Waals surface area contributed by atoms with Crippen LogP contribution < -0.4 is 5.32 Å². The van der Waals surface area contributed by atoms with Crippen molar-refractivity contribution in [2.75, 3.05) is 12.4 Å². The molecule has 1 N–H and O–H groups in total. The number of benzene rings is 2. The van der Waals surface area contributed by atoms with E-state index < -0.39 is 11.9 Å². The fourth-order valence-corrected chi connectivity index (χ4v) is 3.92. The molecule has 0 aliphatic heterocycles. The van der Waals surface area contributed by atoms with Crippen LogP contribution >= 0.6 is 11.3 Å². The molecule has 7 nitrogen and oxygen atoms in total. The molecule has 8 heteroatoms. The maximum absolute atomic E-state index is 12.6. The summed E-state index contributed by atoms with van der Waals surface area (Å²) in [4.78, 5) is 29.3. The number of rotatable bonds is 4. The molecular formula is C21H18N4O3S. The Kier molecular flexibility index (Phi) is 4.85. The van der Waals surface area contributed by atoms with E-state index in [0.717, 1.165) is 16.8 Å². The van der Waals surface area contributed by atoms with Gasteiger partial charge in [-0.05, 0) is 37.6 Å². The number of methoxy groups -OCH3 is 1. The SMILES string of the molecule is COC(=O)c1cccc(C(=O)Nc2nc3scc(-c4ccc(C)cc4C)n3n2)c1. The highest BCUT2D eigenvalue weighted by molar-refractivity contribution is 7.15. The first kappa shape index (κ1) is 18.8. The molecule has 2 aromatic carbocycles. The molecule has 4 rings (SSSR count). The molecule has 0 fully saturated rings. The van der Waals surface area contributed by atoms with Crippen molar-refractivity contribution in [2.45, 2.75) is 13.8 Å². The van der Waals surface area contributed by atoms with Crippen LogP contribution in [0.25, 0.3) is 16.2 Å². The van der Waals surface area contributed by atoms with E-state index in [2.05, 4.69) is 47.4 Å². The van der Waals surface area contributed by atoms with E-state index in [1.165, 1.54) is 30.1 Å². The lowest BCUT2D eigenvalue weighted by molar-refractivity contribution is 0.0600. The molecule has 146 valence electrons. The first-order valence-corrected chi connectivity index (χ1v) is 9.76. The molecule has 0 bridgehead atoms. The Morgan fingerprint density at radius 2 is 1.90 bits per heavy atom. The Labute approximate surface area is 171 Å². The lowest BCUT2D eigenvalue weighted by atomic mass is 10.0. The number of hydrogen-bond donors (Lipinski definition) is 1. The van der Waals surface area contributed by atoms with E-state index in [0.29, 0.717) is 16.1 Å². The van der Waals surface area contributed by atoms with Crippen LogP contribution in [0.3, 0.4) is 0 Å². The maximum atomic E-state index is 12.6. The molecule has 0 saturated heterocycles. The molecule has 0 unspecified atom stereocenters. The quantitative estimate of drug-likeness (QED) is 0.516. The number of esters is 1. The van der Waals surface area contributed by atoms with E-state index in [-0.39, 0.29) is 5.95 Å². The fourth-order valence-electron chi connectivity index (χ4n) is 3.10. The smallest absolute Gasteiger partial charge is 0.337 e. The van der Waals surface area contributed by atoms with Crippen LogP contribution in [-0.4, -0.2) is 33.6 Å². The third kappa shape index (κ3) is 3.62. The van der Waals surface area contributed by atoms with Gasteiger partial charge in [-0.2, -0.15) is 4.98 Å². The number of aryl methyl sites for hydroxylation is 2. The van der Waals surface area contributed by atoms with Gasteiger partial charge in [0, 0.05) is 16.5 Å². The zero-order chi connectivity index (χ0) is 20.5. The Hall–Kier alpha value is -3.52. The number of nitrogens with one attached hydrogen (secondary N) is 1. The highest BCUT2D eigenvalue weighted by atomic mass is 32.1. The number of carbonyl (C=O) groups is 2. The Bertz CT molecular complexity index is 1240. The molecule has 0 atom stereocenters. The van der Waals surface area contributed by atoms with Gasteiger partial charge in [0.1, 0.15) is 0 Å². The number of fused-ring (bicyclic) bond motifs is 1. The first-order valence-electron chi connectivity index (χ1n) is 8.88. The van der Waals surface area contributed by atoms with Gasteiger partial charge in [-0.15, -0.1) is 16.4 Å². The number of carbonyl (C=O) groups excluding carboxylic acids is 2. The van der Waals surface area contributed by atoms with Gasteiger partial charge in [0.25, 0.3) is 11.9 Å². The van der Waals surface area contributed by atoms with Crippen molar-refractivity contribution in [3.8, 4) is 11.3 Å². The molecular weight excluding hydrogens is 388 g/mol. The van der Waals surface area contributed by atoms with E-state index in [4.69, 9.17) is 4.74 Å². The molecule has 2 heterocycles. The zero-order valence-corrected chi connectivity index (χ0v) is 16.9. The van der Waals surface area contributed by atoms with E-state index in [9.17, 15) is 9.59 Å². The second-order valence-electron chi connectivity index (χ2n) is 6.60. The van der Waals surface area contributed by atoms with Crippen molar-refractivity contribution in [2.24, 2.45) is 0 Å². The maximum Gasteiger partial charge on any atom is 0.337 e. The fraction of sp³-hybridized carbons (Fsp3) is 0.143. The van der Waals surface area contributed by atoms with Gasteiger partial charge in [0.05, 0.1) is 18.4 Å². The molecule has 29 heavy (non-hydrogen) atoms. The van der Waals surface area contributed by atoms with Crippen molar-refractivity contribution < 1.29 is 14.3 Å². The largest absolute Gasteiger partial charge is 0.465 e. The predicted molar refractivity (Wildman–Crippen MR) is 112 cm³/mol. The number of thiazole rings is 1. The average Bonchev–Trinajstić information content (AvgIpc) is 3.28. The van der Waals surface area contributed by atoms with Gasteiger partial charge in [-0.25, -0.2) is 9.31 Å². The Morgan fingerprint density at radius 3 is 2.66 bits per heavy atom. The Balaban J connectivity index is 1.62. The molecule has 2 aromatic heterocycles. The standard InChI is InChI=1S/C21H18N4O3S/c1-12-7-8-16(13(2)9-12)17-11-29-21-23-20(24-25(17)21)22-18(26)14-5-4-6-15(10-14)19(27)28-3/h4-11H,1-3H3,(H,22,24,26). The summed E-state index contributed by atoms with van der Waals surface area (Å²) in [5.74, 6) is -0.697. The molecule has 0 saturated carbocycles. The van der Waals surface area contributed by atoms with Gasteiger partial charge < -0.3 is 4.74 Å². The lowest BCUT2D eigenvalue weighted by Crippen LogP contribution is -2.14. The molecule has 0 spiro atoms. The summed E-state index contributed by atoms with van der Waals surface area (Å²) >= 11 is 1.45. The second kappa shape index (κ2) is 7.48. The van der Waals surface area contributed by atoms with Crippen LogP contribution in [0.1, 0.15) is 31.8 Å². The van der Waals surface area contributed by atoms with E-state index >= 15 is 0 Å². The minimum atomic E-state index is -0.501. The minimum absolute atomic E-state index is 0.205. The number of hydrogen-bond acceptors (Lipinski definition) is 6. The van der Waals surface area contributed by atoms with Crippen LogP contribution in [0.2, 0.25) is 0 Å². The van der Waals surface area contributed by atoms with Crippen LogP contribution in [0.5, 0.6) is 0 Å². The number of amides is 1. The number of nitrogens with zero attached hydrogens (tertiary/aromatic N) is 3. The molecule has 0 aliphatic carbocycles. The van der Waals surface area contributed by atoms with Crippen LogP contribution in [0.4, 0.5) is 5.95 Å². The highest BCUT2D eigenvalue weighted by Crippen LogP contribution is 2.29. The first-order chi connectivity index (χ1) is 14.0.